The van der Waals surface area contributed by atoms with Gasteiger partial charge in [0.15, 0.2) is 5.16 Å². The molecule has 21 heavy (non-hydrogen) atoms. The number of aromatic nitrogens is 3. The smallest absolute Gasteiger partial charge is 0.325 e. The van der Waals surface area contributed by atoms with Crippen LogP contribution in [0.1, 0.15) is 43.5 Å². The molecule has 2 fully saturated rings. The molecular formula is C13H18N4O3S. The molecule has 0 radical (unpaired) electrons. The van der Waals surface area contributed by atoms with Gasteiger partial charge in [-0.05, 0) is 25.7 Å². The number of hydrogen-bond acceptors (Lipinski definition) is 6. The van der Waals surface area contributed by atoms with E-state index in [-0.39, 0.29) is 18.2 Å². The van der Waals surface area contributed by atoms with Gasteiger partial charge in [-0.2, -0.15) is 0 Å². The van der Waals surface area contributed by atoms with Crippen molar-refractivity contribution >= 4 is 23.6 Å². The number of ether oxygens (including phenoxy) is 1. The van der Waals surface area contributed by atoms with Gasteiger partial charge in [-0.1, -0.05) is 11.8 Å². The molecule has 1 aromatic heterocycles. The summed E-state index contributed by atoms with van der Waals surface area (Å²) in [5.74, 6) is 1.21. The van der Waals surface area contributed by atoms with E-state index in [0.29, 0.717) is 12.0 Å². The molecule has 0 saturated heterocycles. The lowest BCUT2D eigenvalue weighted by Gasteiger charge is -2.08. The van der Waals surface area contributed by atoms with Gasteiger partial charge in [0.1, 0.15) is 12.4 Å². The van der Waals surface area contributed by atoms with E-state index >= 15 is 0 Å². The van der Waals surface area contributed by atoms with Crippen molar-refractivity contribution in [3.05, 3.63) is 5.82 Å². The van der Waals surface area contributed by atoms with E-state index in [1.54, 1.807) is 0 Å². The van der Waals surface area contributed by atoms with Crippen LogP contribution in [0.5, 0.6) is 0 Å². The molecule has 2 aliphatic rings. The van der Waals surface area contributed by atoms with Gasteiger partial charge in [0.05, 0.1) is 12.9 Å². The molecule has 1 N–H and O–H groups in total. The van der Waals surface area contributed by atoms with Crippen LogP contribution < -0.4 is 5.32 Å². The van der Waals surface area contributed by atoms with E-state index < -0.39 is 5.97 Å². The van der Waals surface area contributed by atoms with Crippen LogP contribution in [0.15, 0.2) is 5.16 Å². The van der Waals surface area contributed by atoms with Gasteiger partial charge in [0, 0.05) is 12.0 Å². The number of nitrogens with one attached hydrogen (secondary N) is 1. The Labute approximate surface area is 126 Å². The third kappa shape index (κ3) is 3.55. The summed E-state index contributed by atoms with van der Waals surface area (Å²) in [6, 6.07) is 0.510. The van der Waals surface area contributed by atoms with Gasteiger partial charge < -0.3 is 14.6 Å². The lowest BCUT2D eigenvalue weighted by atomic mass is 10.4. The summed E-state index contributed by atoms with van der Waals surface area (Å²) in [7, 11) is 1.29. The van der Waals surface area contributed by atoms with Crippen molar-refractivity contribution in [2.45, 2.75) is 42.8 Å². The molecule has 0 bridgehead atoms. The number of amides is 1. The Morgan fingerprint density at radius 1 is 1.33 bits per heavy atom. The predicted molar refractivity (Wildman–Crippen MR) is 76.0 cm³/mol. The number of thioether (sulfide) groups is 1. The molecule has 3 rings (SSSR count). The average Bonchev–Trinajstić information content (AvgIpc) is 3.41. The molecule has 2 saturated carbocycles. The molecule has 1 aromatic rings. The van der Waals surface area contributed by atoms with Crippen LogP contribution in [0.25, 0.3) is 0 Å². The van der Waals surface area contributed by atoms with Gasteiger partial charge in [-0.25, -0.2) is 0 Å². The molecule has 8 heteroatoms. The lowest BCUT2D eigenvalue weighted by molar-refractivity contribution is -0.140. The van der Waals surface area contributed by atoms with Gasteiger partial charge in [0.25, 0.3) is 0 Å². The van der Waals surface area contributed by atoms with Crippen molar-refractivity contribution < 1.29 is 14.3 Å². The fraction of sp³-hybridized carbons (Fsp3) is 0.692. The average molecular weight is 310 g/mol. The molecule has 0 aliphatic heterocycles. The Bertz CT molecular complexity index is 552. The fourth-order valence-corrected chi connectivity index (χ4v) is 2.95. The van der Waals surface area contributed by atoms with Crippen LogP contribution >= 0.6 is 11.8 Å². The van der Waals surface area contributed by atoms with Gasteiger partial charge in [0.2, 0.25) is 5.91 Å². The maximum Gasteiger partial charge on any atom is 0.325 e. The summed E-state index contributed by atoms with van der Waals surface area (Å²) in [5.41, 5.74) is 0. The first-order valence-electron chi connectivity index (χ1n) is 7.10. The zero-order chi connectivity index (χ0) is 14.8. The topological polar surface area (TPSA) is 86.1 Å². The molecule has 7 nitrogen and oxygen atoms in total. The molecule has 0 atom stereocenters. The summed E-state index contributed by atoms with van der Waals surface area (Å²) in [6.07, 6.45) is 4.71. The normalized spacial score (nSPS) is 17.6. The zero-order valence-corrected chi connectivity index (χ0v) is 12.7. The van der Waals surface area contributed by atoms with Crippen LogP contribution in [-0.4, -0.2) is 46.0 Å². The Morgan fingerprint density at radius 2 is 2.10 bits per heavy atom. The highest BCUT2D eigenvalue weighted by molar-refractivity contribution is 7.99. The summed E-state index contributed by atoms with van der Waals surface area (Å²) in [4.78, 5) is 22.6. The van der Waals surface area contributed by atoms with Crippen LogP contribution in [0.4, 0.5) is 0 Å². The molecule has 1 amide bonds. The van der Waals surface area contributed by atoms with Crippen molar-refractivity contribution in [1.82, 2.24) is 20.1 Å². The number of hydrogen-bond donors (Lipinski definition) is 1. The largest absolute Gasteiger partial charge is 0.468 e. The lowest BCUT2D eigenvalue weighted by Crippen LogP contribution is -2.31. The first kappa shape index (κ1) is 14.4. The quantitative estimate of drug-likeness (QED) is 0.594. The second-order valence-electron chi connectivity index (χ2n) is 5.36. The molecule has 0 unspecified atom stereocenters. The highest BCUT2D eigenvalue weighted by Gasteiger charge is 2.36. The standard InChI is InChI=1S/C13H18N4O3S/c1-20-11(19)6-14-10(18)7-21-13-16-15-12(8-2-3-8)17(13)9-4-5-9/h8-9H,2-7H2,1H3,(H,14,18). The van der Waals surface area contributed by atoms with Crippen molar-refractivity contribution in [3.63, 3.8) is 0 Å². The first-order chi connectivity index (χ1) is 10.2. The molecule has 0 spiro atoms. The number of carbonyl (C=O) groups is 2. The Hall–Kier alpha value is -1.57. The van der Waals surface area contributed by atoms with Crippen LogP contribution in [0, 0.1) is 0 Å². The maximum atomic E-state index is 11.7. The van der Waals surface area contributed by atoms with E-state index in [1.165, 1.54) is 44.6 Å². The third-order valence-electron chi connectivity index (χ3n) is 3.54. The van der Waals surface area contributed by atoms with Crippen LogP contribution in [0.2, 0.25) is 0 Å². The number of carbonyl (C=O) groups excluding carboxylic acids is 2. The van der Waals surface area contributed by atoms with Crippen molar-refractivity contribution in [2.75, 3.05) is 19.4 Å². The Morgan fingerprint density at radius 3 is 2.71 bits per heavy atom. The first-order valence-corrected chi connectivity index (χ1v) is 8.08. The summed E-state index contributed by atoms with van der Waals surface area (Å²) >= 11 is 1.37. The van der Waals surface area contributed by atoms with Crippen molar-refractivity contribution in [1.29, 1.82) is 0 Å². The van der Waals surface area contributed by atoms with Gasteiger partial charge in [-0.15, -0.1) is 10.2 Å². The second kappa shape index (κ2) is 6.05. The molecule has 2 aliphatic carbocycles. The van der Waals surface area contributed by atoms with E-state index in [1.807, 2.05) is 0 Å². The van der Waals surface area contributed by atoms with Crippen molar-refractivity contribution in [3.8, 4) is 0 Å². The molecular weight excluding hydrogens is 292 g/mol. The van der Waals surface area contributed by atoms with Gasteiger partial charge >= 0.3 is 5.97 Å². The SMILES string of the molecule is COC(=O)CNC(=O)CSc1nnc(C2CC2)n1C1CC1. The maximum absolute atomic E-state index is 11.7. The van der Waals surface area contributed by atoms with E-state index in [0.717, 1.165) is 11.0 Å². The Balaban J connectivity index is 1.55. The minimum absolute atomic E-state index is 0.0987. The number of rotatable bonds is 7. The highest BCUT2D eigenvalue weighted by atomic mass is 32.2. The molecule has 0 aromatic carbocycles. The monoisotopic (exact) mass is 310 g/mol. The second-order valence-corrected chi connectivity index (χ2v) is 6.30. The molecule has 1 heterocycles. The number of esters is 1. The van der Waals surface area contributed by atoms with E-state index in [4.69, 9.17) is 0 Å². The van der Waals surface area contributed by atoms with E-state index in [2.05, 4.69) is 24.8 Å². The minimum atomic E-state index is -0.453. The van der Waals surface area contributed by atoms with Crippen molar-refractivity contribution in [2.24, 2.45) is 0 Å². The summed E-state index contributed by atoms with van der Waals surface area (Å²) in [5, 5.41) is 11.8. The fourth-order valence-electron chi connectivity index (χ4n) is 2.11. The molecule has 114 valence electrons. The summed E-state index contributed by atoms with van der Waals surface area (Å²) < 4.78 is 6.68. The number of methoxy groups -OCH3 is 1. The predicted octanol–water partition coefficient (Wildman–Crippen LogP) is 0.872. The summed E-state index contributed by atoms with van der Waals surface area (Å²) in [6.45, 7) is -0.0987. The van der Waals surface area contributed by atoms with E-state index in [9.17, 15) is 9.59 Å². The Kier molecular flexibility index (Phi) is 4.14. The highest BCUT2D eigenvalue weighted by Crippen LogP contribution is 2.45. The third-order valence-corrected chi connectivity index (χ3v) is 4.48. The zero-order valence-electron chi connectivity index (χ0n) is 11.9. The van der Waals surface area contributed by atoms with Gasteiger partial charge in [-0.3, -0.25) is 9.59 Å². The minimum Gasteiger partial charge on any atom is -0.468 e. The number of nitrogens with zero attached hydrogens (tertiary/aromatic N) is 3. The van der Waals surface area contributed by atoms with Crippen LogP contribution in [0.3, 0.4) is 0 Å². The van der Waals surface area contributed by atoms with Crippen LogP contribution in [-0.2, 0) is 14.3 Å².